The molecule has 0 amide bonds. The van der Waals surface area contributed by atoms with E-state index in [1.54, 1.807) is 0 Å². The third kappa shape index (κ3) is 6.00. The van der Waals surface area contributed by atoms with Gasteiger partial charge in [-0.1, -0.05) is 59.7 Å². The topological polar surface area (TPSA) is 115 Å². The summed E-state index contributed by atoms with van der Waals surface area (Å²) in [4.78, 5) is 15.6. The third-order valence-corrected chi connectivity index (χ3v) is 11.2. The summed E-state index contributed by atoms with van der Waals surface area (Å²) in [6, 6.07) is 43.0. The monoisotopic (exact) mass is 730 g/mol. The number of nitrogen functional groups attached to an aromatic ring is 2. The molecule has 0 saturated heterocycles. The van der Waals surface area contributed by atoms with E-state index >= 15 is 0 Å². The third-order valence-electron chi connectivity index (χ3n) is 11.2. The van der Waals surface area contributed by atoms with Crippen LogP contribution < -0.4 is 32.9 Å². The van der Waals surface area contributed by atoms with Crippen molar-refractivity contribution in [2.75, 3.05) is 11.5 Å². The van der Waals surface area contributed by atoms with Crippen LogP contribution in [0.5, 0.6) is 0 Å². The highest BCUT2D eigenvalue weighted by Crippen LogP contribution is 2.32. The van der Waals surface area contributed by atoms with Crippen LogP contribution >= 0.6 is 0 Å². The number of nitrogens with two attached hydrogens (primary N) is 2. The molecule has 4 aromatic carbocycles. The van der Waals surface area contributed by atoms with Crippen LogP contribution in [0.15, 0.2) is 121 Å². The Bertz CT molecular complexity index is 2830. The Morgan fingerprint density at radius 2 is 0.607 bits per heavy atom. The van der Waals surface area contributed by atoms with Gasteiger partial charge in [0.25, 0.3) is 0 Å². The molecule has 0 aliphatic carbocycles. The molecule has 0 fully saturated rings. The Morgan fingerprint density at radius 3 is 0.929 bits per heavy atom. The summed E-state index contributed by atoms with van der Waals surface area (Å²) < 4.78 is 0. The number of aromatic amines is 4. The van der Waals surface area contributed by atoms with Crippen molar-refractivity contribution >= 4 is 33.7 Å². The molecule has 8 bridgehead atoms. The first-order chi connectivity index (χ1) is 27.0. The first kappa shape index (κ1) is 34.8. The number of rotatable bonds is 4. The zero-order valence-corrected chi connectivity index (χ0v) is 32.7. The van der Waals surface area contributed by atoms with Gasteiger partial charge in [0.1, 0.15) is 0 Å². The molecule has 0 spiro atoms. The van der Waals surface area contributed by atoms with E-state index in [-0.39, 0.29) is 0 Å². The summed E-state index contributed by atoms with van der Waals surface area (Å²) in [6.07, 6.45) is 0. The number of nitrogens with one attached hydrogen (secondary N) is 4. The molecule has 0 unspecified atom stereocenters. The van der Waals surface area contributed by atoms with Crippen molar-refractivity contribution in [2.24, 2.45) is 0 Å². The van der Waals surface area contributed by atoms with Crippen molar-refractivity contribution < 1.29 is 0 Å². The van der Waals surface area contributed by atoms with Gasteiger partial charge in [-0.05, 0) is 159 Å². The van der Waals surface area contributed by atoms with Gasteiger partial charge in [0, 0.05) is 77.8 Å². The highest BCUT2D eigenvalue weighted by Gasteiger charge is 2.21. The van der Waals surface area contributed by atoms with E-state index in [9.17, 15) is 0 Å². The lowest BCUT2D eigenvalue weighted by Crippen LogP contribution is -2.20. The lowest BCUT2D eigenvalue weighted by Gasteiger charge is -2.15. The minimum atomic E-state index is 0.726. The first-order valence-corrected chi connectivity index (χ1v) is 19.2. The van der Waals surface area contributed by atoms with Crippen LogP contribution in [-0.2, 0) is 0 Å². The Hall–Kier alpha value is -6.92. The number of aryl methyl sites for hydroxylation is 6. The molecule has 0 atom stereocenters. The highest BCUT2D eigenvalue weighted by molar-refractivity contribution is 5.87. The zero-order chi connectivity index (χ0) is 38.8. The maximum absolute atomic E-state index is 6.23. The smallest absolute Gasteiger partial charge is 0.0486 e. The van der Waals surface area contributed by atoms with Gasteiger partial charge in [0.15, 0.2) is 0 Å². The van der Waals surface area contributed by atoms with Crippen molar-refractivity contribution in [2.45, 2.75) is 41.5 Å². The second kappa shape index (κ2) is 13.4. The molecular formula is C50H46N6. The molecule has 6 nitrogen and oxygen atoms in total. The van der Waals surface area contributed by atoms with Gasteiger partial charge < -0.3 is 31.4 Å². The van der Waals surface area contributed by atoms with E-state index in [0.717, 1.165) is 89.0 Å². The quantitative estimate of drug-likeness (QED) is 0.107. The fraction of sp³-hybridized carbons (Fsp3) is 0.120. The summed E-state index contributed by atoms with van der Waals surface area (Å²) in [5.41, 5.74) is 34.2. The number of hydrogen-bond donors (Lipinski definition) is 6. The molecule has 0 saturated carbocycles. The van der Waals surface area contributed by atoms with Crippen LogP contribution in [0.3, 0.4) is 0 Å². The molecular weight excluding hydrogens is 685 g/mol. The Morgan fingerprint density at radius 1 is 0.321 bits per heavy atom. The Balaban J connectivity index is 1.46. The molecule has 5 heterocycles. The summed E-state index contributed by atoms with van der Waals surface area (Å²) in [7, 11) is 0. The molecule has 4 aromatic heterocycles. The van der Waals surface area contributed by atoms with Crippen molar-refractivity contribution in [3.63, 3.8) is 0 Å². The van der Waals surface area contributed by atoms with Gasteiger partial charge in [0.05, 0.1) is 0 Å². The van der Waals surface area contributed by atoms with Crippen molar-refractivity contribution in [1.82, 2.24) is 19.9 Å². The standard InChI is InChI=1S/C50H46N6/c1-27-23-29(3)45(30(4)24-27)49-41-19-15-37(53-41)47(33-7-11-35(51)12-8-33)39-17-21-43(55-39)50(46-31(5)25-28(2)26-32(46)6)44-22-18-40(56-44)48(38-16-20-42(49)54-38)34-9-13-36(52)14-10-34/h7-26,53-56H,51-52H2,1-6H3. The minimum Gasteiger partial charge on any atom is -0.399 e. The van der Waals surface area contributed by atoms with Gasteiger partial charge in [0.2, 0.25) is 0 Å². The van der Waals surface area contributed by atoms with E-state index in [0.29, 0.717) is 0 Å². The van der Waals surface area contributed by atoms with E-state index in [2.05, 4.69) is 159 Å². The van der Waals surface area contributed by atoms with E-state index < -0.39 is 0 Å². The maximum atomic E-state index is 6.23. The average molecular weight is 731 g/mol. The minimum absolute atomic E-state index is 0.726. The fourth-order valence-corrected chi connectivity index (χ4v) is 8.94. The van der Waals surface area contributed by atoms with Gasteiger partial charge in [-0.15, -0.1) is 0 Å². The molecule has 276 valence electrons. The predicted molar refractivity (Wildman–Crippen MR) is 231 cm³/mol. The number of hydrogen-bond acceptors (Lipinski definition) is 2. The Labute approximate surface area is 326 Å². The summed E-state index contributed by atoms with van der Waals surface area (Å²) in [6.45, 7) is 13.2. The number of fused-ring (bicyclic) bond motifs is 8. The Kier molecular flexibility index (Phi) is 8.35. The molecule has 6 heteroatoms. The van der Waals surface area contributed by atoms with Crippen LogP contribution in [0.2, 0.25) is 0 Å². The zero-order valence-electron chi connectivity index (χ0n) is 32.7. The summed E-state index contributed by atoms with van der Waals surface area (Å²) >= 11 is 0. The lowest BCUT2D eigenvalue weighted by molar-refractivity contribution is 1.17. The molecule has 9 rings (SSSR count). The van der Waals surface area contributed by atoms with E-state index in [4.69, 9.17) is 11.5 Å². The number of aromatic nitrogens is 4. The van der Waals surface area contributed by atoms with E-state index in [1.807, 2.05) is 24.3 Å². The molecule has 0 radical (unpaired) electrons. The molecule has 8 N–H and O–H groups in total. The maximum Gasteiger partial charge on any atom is 0.0486 e. The van der Waals surface area contributed by atoms with Gasteiger partial charge in [-0.3, -0.25) is 0 Å². The molecule has 8 aromatic rings. The fourth-order valence-electron chi connectivity index (χ4n) is 8.94. The lowest BCUT2D eigenvalue weighted by atomic mass is 9.92. The molecule has 1 aliphatic heterocycles. The van der Waals surface area contributed by atoms with Crippen LogP contribution in [0.4, 0.5) is 11.4 Å². The predicted octanol–water partition coefficient (Wildman–Crippen LogP) is 7.32. The number of benzene rings is 4. The van der Waals surface area contributed by atoms with Gasteiger partial charge >= 0.3 is 0 Å². The van der Waals surface area contributed by atoms with E-state index in [1.165, 1.54) is 44.5 Å². The van der Waals surface area contributed by atoms with Crippen LogP contribution in [0.1, 0.15) is 78.4 Å². The van der Waals surface area contributed by atoms with Crippen molar-refractivity contribution in [3.8, 4) is 0 Å². The normalized spacial score (nSPS) is 12.8. The first-order valence-electron chi connectivity index (χ1n) is 19.2. The van der Waals surface area contributed by atoms with Crippen LogP contribution in [0.25, 0.3) is 22.3 Å². The second-order valence-corrected chi connectivity index (χ2v) is 15.4. The van der Waals surface area contributed by atoms with Crippen LogP contribution in [-0.4, -0.2) is 19.9 Å². The van der Waals surface area contributed by atoms with Gasteiger partial charge in [-0.2, -0.15) is 0 Å². The second-order valence-electron chi connectivity index (χ2n) is 15.4. The molecule has 56 heavy (non-hydrogen) atoms. The van der Waals surface area contributed by atoms with Crippen LogP contribution in [0, 0.1) is 41.5 Å². The summed E-state index contributed by atoms with van der Waals surface area (Å²) in [5.74, 6) is 0. The number of anilines is 2. The molecule has 1 aliphatic rings. The highest BCUT2D eigenvalue weighted by atomic mass is 14.8. The van der Waals surface area contributed by atoms with Crippen molar-refractivity contribution in [1.29, 1.82) is 0 Å². The van der Waals surface area contributed by atoms with Crippen molar-refractivity contribution in [3.05, 3.63) is 221 Å². The number of H-pyrrole nitrogens is 4. The summed E-state index contributed by atoms with van der Waals surface area (Å²) in [5, 5.41) is 4.03. The SMILES string of the molecule is Cc1cc(C)c(C2=c3ccc([nH]3)=C(c3ccc(N)cc3)c3ccc([nH]3)C(c3c(C)cc(C)cc3C)=c3ccc([nH]3)=C(c3ccc(N)cc3)c3ccc2[nH]3)c(C)c1. The largest absolute Gasteiger partial charge is 0.399 e. The van der Waals surface area contributed by atoms with Gasteiger partial charge in [-0.25, -0.2) is 0 Å². The average Bonchev–Trinajstić information content (AvgIpc) is 3.99.